The van der Waals surface area contributed by atoms with Gasteiger partial charge in [0.05, 0.1) is 6.61 Å². The van der Waals surface area contributed by atoms with Gasteiger partial charge in [-0.05, 0) is 43.2 Å². The highest BCUT2D eigenvalue weighted by atomic mass is 32.2. The van der Waals surface area contributed by atoms with Gasteiger partial charge in [-0.25, -0.2) is 0 Å². The number of carbonyl (C=O) groups is 2. The standard InChI is InChI=1S/C18H27N3O4.C3H8S.CH4S/c19-8-10-21-9-4-7-15(21)13-25-16(18(24)20-12-17(22)23)11-14-5-2-1-3-6-14;1-3-4-2;1-2/h1-3,5-6,15-16H,4,7-13,19H2,(H,20,24)(H,22,23);3H2,1-2H3;2H,1H3/t15-,16?;;/m0../s1. The van der Waals surface area contributed by atoms with Crippen LogP contribution in [0, 0.1) is 0 Å². The molecule has 9 heteroatoms. The summed E-state index contributed by atoms with van der Waals surface area (Å²) in [4.78, 5) is 25.3. The van der Waals surface area contributed by atoms with Gasteiger partial charge in [0, 0.05) is 25.6 Å². The van der Waals surface area contributed by atoms with Crippen LogP contribution in [0.25, 0.3) is 0 Å². The minimum Gasteiger partial charge on any atom is -0.480 e. The number of carbonyl (C=O) groups excluding carboxylic acids is 1. The zero-order valence-electron chi connectivity index (χ0n) is 19.0. The molecule has 0 aromatic heterocycles. The molecule has 1 heterocycles. The van der Waals surface area contributed by atoms with Crippen LogP contribution >= 0.6 is 24.4 Å². The van der Waals surface area contributed by atoms with Crippen molar-refractivity contribution in [2.24, 2.45) is 5.73 Å². The lowest BCUT2D eigenvalue weighted by Gasteiger charge is -2.26. The number of rotatable bonds is 11. The lowest BCUT2D eigenvalue weighted by atomic mass is 10.1. The van der Waals surface area contributed by atoms with Gasteiger partial charge in [0.15, 0.2) is 0 Å². The first-order valence-corrected chi connectivity index (χ1v) is 12.8. The molecule has 1 saturated heterocycles. The van der Waals surface area contributed by atoms with Crippen LogP contribution in [-0.2, 0) is 20.7 Å². The average Bonchev–Trinajstić information content (AvgIpc) is 3.24. The molecule has 4 N–H and O–H groups in total. The number of likely N-dealkylation sites (tertiary alicyclic amines) is 1. The van der Waals surface area contributed by atoms with Gasteiger partial charge in [0.2, 0.25) is 5.91 Å². The van der Waals surface area contributed by atoms with Crippen molar-refractivity contribution >= 4 is 36.3 Å². The van der Waals surface area contributed by atoms with Gasteiger partial charge < -0.3 is 20.9 Å². The second-order valence-electron chi connectivity index (χ2n) is 6.82. The fourth-order valence-electron chi connectivity index (χ4n) is 3.10. The third kappa shape index (κ3) is 13.7. The van der Waals surface area contributed by atoms with E-state index in [9.17, 15) is 9.59 Å². The van der Waals surface area contributed by atoms with E-state index in [0.29, 0.717) is 19.6 Å². The van der Waals surface area contributed by atoms with E-state index >= 15 is 0 Å². The van der Waals surface area contributed by atoms with Crippen LogP contribution in [0.1, 0.15) is 25.3 Å². The number of benzene rings is 1. The summed E-state index contributed by atoms with van der Waals surface area (Å²) in [5.41, 5.74) is 6.62. The summed E-state index contributed by atoms with van der Waals surface area (Å²) in [6.07, 6.45) is 5.62. The van der Waals surface area contributed by atoms with Crippen LogP contribution < -0.4 is 11.1 Å². The van der Waals surface area contributed by atoms with Gasteiger partial charge in [0.1, 0.15) is 12.6 Å². The van der Waals surface area contributed by atoms with E-state index in [4.69, 9.17) is 15.6 Å². The van der Waals surface area contributed by atoms with E-state index in [0.717, 1.165) is 31.5 Å². The highest BCUT2D eigenvalue weighted by Crippen LogP contribution is 2.18. The van der Waals surface area contributed by atoms with Gasteiger partial charge in [0.25, 0.3) is 0 Å². The molecule has 2 atom stereocenters. The van der Waals surface area contributed by atoms with Crippen LogP contribution in [0.3, 0.4) is 0 Å². The Hall–Kier alpha value is -1.26. The molecule has 1 unspecified atom stereocenters. The molecule has 7 nitrogen and oxygen atoms in total. The first-order valence-electron chi connectivity index (χ1n) is 10.5. The van der Waals surface area contributed by atoms with Crippen molar-refractivity contribution in [3.63, 3.8) is 0 Å². The van der Waals surface area contributed by atoms with Gasteiger partial charge in [-0.1, -0.05) is 37.3 Å². The largest absolute Gasteiger partial charge is 0.480 e. The van der Waals surface area contributed by atoms with Crippen LogP contribution in [0.5, 0.6) is 0 Å². The molecular weight excluding hydrogens is 434 g/mol. The topological polar surface area (TPSA) is 105 Å². The highest BCUT2D eigenvalue weighted by Gasteiger charge is 2.27. The first-order chi connectivity index (χ1) is 15.0. The van der Waals surface area contributed by atoms with Gasteiger partial charge in [-0.3, -0.25) is 14.5 Å². The molecule has 1 aliphatic rings. The molecule has 1 aliphatic heterocycles. The second kappa shape index (κ2) is 19.4. The third-order valence-corrected chi connectivity index (χ3v) is 5.24. The number of aliphatic carboxylic acids is 1. The number of thioether (sulfide) groups is 1. The molecule has 0 aliphatic carbocycles. The fraction of sp³-hybridized carbons (Fsp3) is 0.636. The molecule has 0 radical (unpaired) electrons. The number of carboxylic acids is 1. The Morgan fingerprint density at radius 2 is 2.00 bits per heavy atom. The predicted molar refractivity (Wildman–Crippen MR) is 133 cm³/mol. The monoisotopic (exact) mass is 473 g/mol. The van der Waals surface area contributed by atoms with Crippen LogP contribution in [0.4, 0.5) is 0 Å². The van der Waals surface area contributed by atoms with Crippen molar-refractivity contribution in [1.82, 2.24) is 10.2 Å². The highest BCUT2D eigenvalue weighted by molar-refractivity contribution is 7.98. The summed E-state index contributed by atoms with van der Waals surface area (Å²) >= 11 is 5.38. The number of ether oxygens (including phenoxy) is 1. The van der Waals surface area contributed by atoms with E-state index < -0.39 is 24.5 Å². The maximum Gasteiger partial charge on any atom is 0.322 e. The predicted octanol–water partition coefficient (Wildman–Crippen LogP) is 2.15. The minimum atomic E-state index is -1.07. The van der Waals surface area contributed by atoms with Crippen LogP contribution in [0.2, 0.25) is 0 Å². The number of hydrogen-bond acceptors (Lipinski definition) is 7. The Morgan fingerprint density at radius 1 is 1.35 bits per heavy atom. The molecule has 1 aromatic rings. The Balaban J connectivity index is 0.00000134. The van der Waals surface area contributed by atoms with Crippen molar-refractivity contribution in [2.75, 3.05) is 51.1 Å². The van der Waals surface area contributed by atoms with Gasteiger partial charge in [-0.2, -0.15) is 24.4 Å². The Bertz CT molecular complexity index is 591. The molecule has 0 bridgehead atoms. The lowest BCUT2D eigenvalue weighted by molar-refractivity contribution is -0.141. The first kappa shape index (κ1) is 29.7. The summed E-state index contributed by atoms with van der Waals surface area (Å²) in [5, 5.41) is 11.2. The minimum absolute atomic E-state index is 0.258. The Labute approximate surface area is 196 Å². The van der Waals surface area contributed by atoms with Crippen LogP contribution in [-0.4, -0.2) is 85.1 Å². The SMILES string of the molecule is CCSC.CS.NCCN1CCC[C@H]1COC(Cc1ccccc1)C(=O)NCC(=O)O. The smallest absolute Gasteiger partial charge is 0.322 e. The molecule has 178 valence electrons. The maximum absolute atomic E-state index is 12.3. The number of hydrogen-bond donors (Lipinski definition) is 4. The zero-order valence-corrected chi connectivity index (χ0v) is 20.7. The average molecular weight is 474 g/mol. The fourth-order valence-corrected chi connectivity index (χ4v) is 3.10. The quantitative estimate of drug-likeness (QED) is 0.365. The summed E-state index contributed by atoms with van der Waals surface area (Å²) < 4.78 is 5.91. The number of nitrogens with zero attached hydrogens (tertiary/aromatic N) is 1. The van der Waals surface area contributed by atoms with Crippen molar-refractivity contribution in [3.8, 4) is 0 Å². The molecule has 31 heavy (non-hydrogen) atoms. The summed E-state index contributed by atoms with van der Waals surface area (Å²) in [6.45, 7) is 4.60. The molecule has 0 saturated carbocycles. The Morgan fingerprint density at radius 3 is 2.55 bits per heavy atom. The van der Waals surface area contributed by atoms with Gasteiger partial charge in [-0.15, -0.1) is 0 Å². The normalized spacial score (nSPS) is 16.4. The van der Waals surface area contributed by atoms with Gasteiger partial charge >= 0.3 is 5.97 Å². The molecule has 1 aromatic carbocycles. The molecule has 1 fully saturated rings. The lowest BCUT2D eigenvalue weighted by Crippen LogP contribution is -2.43. The molecule has 1 amide bonds. The Kier molecular flexibility index (Phi) is 18.6. The number of thiol groups is 1. The van der Waals surface area contributed by atoms with Crippen LogP contribution in [0.15, 0.2) is 30.3 Å². The molecular formula is C22H39N3O4S2. The number of nitrogens with one attached hydrogen (secondary N) is 1. The van der Waals surface area contributed by atoms with E-state index in [2.05, 4.69) is 36.0 Å². The summed E-state index contributed by atoms with van der Waals surface area (Å²) in [6, 6.07) is 9.83. The van der Waals surface area contributed by atoms with E-state index in [1.807, 2.05) is 42.1 Å². The van der Waals surface area contributed by atoms with Crippen molar-refractivity contribution in [3.05, 3.63) is 35.9 Å². The summed E-state index contributed by atoms with van der Waals surface area (Å²) in [5.74, 6) is -0.230. The number of amides is 1. The summed E-state index contributed by atoms with van der Waals surface area (Å²) in [7, 11) is 0. The van der Waals surface area contributed by atoms with Crippen molar-refractivity contribution in [2.45, 2.75) is 38.3 Å². The van der Waals surface area contributed by atoms with Crippen molar-refractivity contribution in [1.29, 1.82) is 0 Å². The van der Waals surface area contributed by atoms with E-state index in [1.165, 1.54) is 5.75 Å². The number of nitrogens with two attached hydrogens (primary N) is 1. The molecule has 2 rings (SSSR count). The van der Waals surface area contributed by atoms with Crippen molar-refractivity contribution < 1.29 is 19.4 Å². The third-order valence-electron chi connectivity index (χ3n) is 4.66. The number of carboxylic acid groups (broad SMARTS) is 1. The second-order valence-corrected chi connectivity index (χ2v) is 7.98. The zero-order chi connectivity index (χ0) is 23.5. The maximum atomic E-state index is 12.3. The van der Waals surface area contributed by atoms with E-state index in [-0.39, 0.29) is 6.04 Å². The van der Waals surface area contributed by atoms with E-state index in [1.54, 1.807) is 6.26 Å². The molecule has 0 spiro atoms.